The van der Waals surface area contributed by atoms with Gasteiger partial charge in [0.05, 0.1) is 21.2 Å². The maximum atomic E-state index is 11.2. The molecule has 22 heavy (non-hydrogen) atoms. The van der Waals surface area contributed by atoms with Crippen LogP contribution in [0.3, 0.4) is 0 Å². The molecule has 3 rings (SSSR count). The van der Waals surface area contributed by atoms with Crippen LogP contribution in [0.2, 0.25) is 5.02 Å². The lowest BCUT2D eigenvalue weighted by atomic mass is 10.1. The van der Waals surface area contributed by atoms with Gasteiger partial charge in [-0.3, -0.25) is 10.1 Å². The molecule has 0 aromatic heterocycles. The van der Waals surface area contributed by atoms with Crippen LogP contribution in [-0.2, 0) is 16.1 Å². The van der Waals surface area contributed by atoms with E-state index in [0.717, 1.165) is 36.7 Å². The van der Waals surface area contributed by atoms with Crippen molar-refractivity contribution in [3.05, 3.63) is 39.9 Å². The first-order valence-electron chi connectivity index (χ1n) is 6.96. The monoisotopic (exact) mass is 337 g/mol. The van der Waals surface area contributed by atoms with Crippen LogP contribution in [0.25, 0.3) is 0 Å². The summed E-state index contributed by atoms with van der Waals surface area (Å²) < 4.78 is 0. The van der Waals surface area contributed by atoms with Gasteiger partial charge in [0.2, 0.25) is 0 Å². The van der Waals surface area contributed by atoms with Crippen molar-refractivity contribution in [1.82, 2.24) is 5.32 Å². The smallest absolute Gasteiger partial charge is 0.157 e. The second-order valence-corrected chi connectivity index (χ2v) is 6.96. The number of thioether (sulfide) groups is 1. The largest absolute Gasteiger partial charge is 0.326 e. The Morgan fingerprint density at radius 2 is 2.23 bits per heavy atom. The zero-order valence-corrected chi connectivity index (χ0v) is 13.4. The van der Waals surface area contributed by atoms with Crippen LogP contribution in [0.4, 0.5) is 5.69 Å². The fraction of sp³-hybridized carbons (Fsp3) is 0.333. The summed E-state index contributed by atoms with van der Waals surface area (Å²) in [6.07, 6.45) is 5.12. The summed E-state index contributed by atoms with van der Waals surface area (Å²) in [4.78, 5) is 24.9. The molecule has 1 aliphatic carbocycles. The zero-order valence-electron chi connectivity index (χ0n) is 11.8. The quantitative estimate of drug-likeness (QED) is 0.773. The van der Waals surface area contributed by atoms with Gasteiger partial charge in [-0.2, -0.15) is 0 Å². The second-order valence-electron chi connectivity index (χ2n) is 5.40. The number of halogens is 1. The van der Waals surface area contributed by atoms with Crippen molar-refractivity contribution in [2.24, 2.45) is 5.73 Å². The van der Waals surface area contributed by atoms with Crippen molar-refractivity contribution in [2.75, 3.05) is 4.90 Å². The third-order valence-electron chi connectivity index (χ3n) is 3.86. The summed E-state index contributed by atoms with van der Waals surface area (Å²) in [5, 5.41) is 3.88. The van der Waals surface area contributed by atoms with Crippen molar-refractivity contribution in [1.29, 1.82) is 0 Å². The Labute approximate surface area is 137 Å². The van der Waals surface area contributed by atoms with Gasteiger partial charge in [0, 0.05) is 12.7 Å². The molecule has 1 unspecified atom stereocenters. The molecule has 1 heterocycles. The SMILES string of the molecule is NCc1cccc(Cl)c1N1C=C(C=O)SC1NC1(C=O)CC1. The van der Waals surface area contributed by atoms with E-state index in [2.05, 4.69) is 5.32 Å². The average molecular weight is 338 g/mol. The summed E-state index contributed by atoms with van der Waals surface area (Å²) in [7, 11) is 0. The van der Waals surface area contributed by atoms with Crippen LogP contribution in [0.5, 0.6) is 0 Å². The Balaban J connectivity index is 1.96. The predicted octanol–water partition coefficient (Wildman–Crippen LogP) is 2.00. The Morgan fingerprint density at radius 3 is 2.82 bits per heavy atom. The van der Waals surface area contributed by atoms with Gasteiger partial charge >= 0.3 is 0 Å². The minimum atomic E-state index is -0.480. The van der Waals surface area contributed by atoms with Gasteiger partial charge in [0.1, 0.15) is 11.8 Å². The van der Waals surface area contributed by atoms with Gasteiger partial charge in [-0.05, 0) is 24.5 Å². The first-order chi connectivity index (χ1) is 10.6. The van der Waals surface area contributed by atoms with Gasteiger partial charge < -0.3 is 15.4 Å². The molecule has 116 valence electrons. The van der Waals surface area contributed by atoms with E-state index in [1.807, 2.05) is 17.0 Å². The Hall–Kier alpha value is -1.34. The molecular formula is C15H16ClN3O2S. The van der Waals surface area contributed by atoms with E-state index < -0.39 is 5.54 Å². The van der Waals surface area contributed by atoms with Crippen LogP contribution in [0.1, 0.15) is 18.4 Å². The highest BCUT2D eigenvalue weighted by Crippen LogP contribution is 2.43. The van der Waals surface area contributed by atoms with E-state index in [-0.39, 0.29) is 5.50 Å². The number of hydrogen-bond donors (Lipinski definition) is 2. The van der Waals surface area contributed by atoms with E-state index in [1.165, 1.54) is 11.8 Å². The van der Waals surface area contributed by atoms with Crippen molar-refractivity contribution < 1.29 is 9.59 Å². The van der Waals surface area contributed by atoms with Gasteiger partial charge in [-0.25, -0.2) is 0 Å². The standard InChI is InChI=1S/C15H16ClN3O2S/c16-12-3-1-2-10(6-17)13(12)19-7-11(8-20)22-14(19)18-15(9-21)4-5-15/h1-3,7-9,14,18H,4-6,17H2. The molecule has 1 atom stereocenters. The first-order valence-corrected chi connectivity index (χ1v) is 8.22. The maximum absolute atomic E-state index is 11.2. The number of rotatable bonds is 6. The number of hydrogen-bond acceptors (Lipinski definition) is 6. The third kappa shape index (κ3) is 2.79. The number of aldehydes is 2. The molecule has 0 bridgehead atoms. The topological polar surface area (TPSA) is 75.4 Å². The molecule has 0 radical (unpaired) electrons. The summed E-state index contributed by atoms with van der Waals surface area (Å²) >= 11 is 7.72. The fourth-order valence-electron chi connectivity index (χ4n) is 2.45. The van der Waals surface area contributed by atoms with E-state index in [4.69, 9.17) is 17.3 Å². The number of anilines is 1. The van der Waals surface area contributed by atoms with Crippen molar-refractivity contribution in [3.8, 4) is 0 Å². The number of benzene rings is 1. The van der Waals surface area contributed by atoms with Crippen molar-refractivity contribution in [2.45, 2.75) is 30.4 Å². The molecular weight excluding hydrogens is 322 g/mol. The van der Waals surface area contributed by atoms with E-state index in [1.54, 1.807) is 12.3 Å². The summed E-state index contributed by atoms with van der Waals surface area (Å²) in [5.41, 5.74) is 6.74. The molecule has 7 heteroatoms. The van der Waals surface area contributed by atoms with Gasteiger partial charge in [0.15, 0.2) is 6.29 Å². The molecule has 0 amide bonds. The van der Waals surface area contributed by atoms with Crippen molar-refractivity contribution >= 4 is 41.6 Å². The first kappa shape index (κ1) is 15.6. The average Bonchev–Trinajstić information content (AvgIpc) is 3.20. The van der Waals surface area contributed by atoms with Crippen LogP contribution < -0.4 is 16.0 Å². The number of carbonyl (C=O) groups excluding carboxylic acids is 2. The number of nitrogens with two attached hydrogens (primary N) is 1. The minimum absolute atomic E-state index is 0.252. The summed E-state index contributed by atoms with van der Waals surface area (Å²) in [6, 6.07) is 5.54. The molecule has 1 aromatic rings. The molecule has 1 saturated carbocycles. The van der Waals surface area contributed by atoms with Crippen molar-refractivity contribution in [3.63, 3.8) is 0 Å². The fourth-order valence-corrected chi connectivity index (χ4v) is 3.80. The molecule has 0 spiro atoms. The lowest BCUT2D eigenvalue weighted by Crippen LogP contribution is -2.46. The van der Waals surface area contributed by atoms with Gasteiger partial charge in [-0.1, -0.05) is 35.5 Å². The number of nitrogens with zero attached hydrogens (tertiary/aromatic N) is 1. The highest BCUT2D eigenvalue weighted by molar-refractivity contribution is 8.04. The van der Waals surface area contributed by atoms with Crippen LogP contribution in [0.15, 0.2) is 29.3 Å². The second kappa shape index (κ2) is 6.04. The Morgan fingerprint density at radius 1 is 1.45 bits per heavy atom. The molecule has 1 aromatic carbocycles. The Bertz CT molecular complexity index is 646. The van der Waals surface area contributed by atoms with E-state index >= 15 is 0 Å². The highest BCUT2D eigenvalue weighted by Gasteiger charge is 2.46. The molecule has 1 aliphatic heterocycles. The summed E-state index contributed by atoms with van der Waals surface area (Å²) in [5.74, 6) is 0. The zero-order chi connectivity index (χ0) is 15.7. The molecule has 0 saturated heterocycles. The van der Waals surface area contributed by atoms with Crippen LogP contribution in [-0.4, -0.2) is 23.6 Å². The number of carbonyl (C=O) groups is 2. The predicted molar refractivity (Wildman–Crippen MR) is 88.5 cm³/mol. The summed E-state index contributed by atoms with van der Waals surface area (Å²) in [6.45, 7) is 0.340. The number of allylic oxidation sites excluding steroid dienone is 1. The van der Waals surface area contributed by atoms with Crippen LogP contribution >= 0.6 is 23.4 Å². The molecule has 5 nitrogen and oxygen atoms in total. The molecule has 3 N–H and O–H groups in total. The minimum Gasteiger partial charge on any atom is -0.326 e. The van der Waals surface area contributed by atoms with E-state index in [0.29, 0.717) is 16.5 Å². The van der Waals surface area contributed by atoms with Gasteiger partial charge in [0.25, 0.3) is 0 Å². The Kier molecular flexibility index (Phi) is 4.27. The van der Waals surface area contributed by atoms with Crippen LogP contribution in [0, 0.1) is 0 Å². The van der Waals surface area contributed by atoms with E-state index in [9.17, 15) is 9.59 Å². The number of nitrogens with one attached hydrogen (secondary N) is 1. The normalized spacial score (nSPS) is 22.4. The lowest BCUT2D eigenvalue weighted by Gasteiger charge is -2.30. The lowest BCUT2D eigenvalue weighted by molar-refractivity contribution is -0.110. The third-order valence-corrected chi connectivity index (χ3v) is 5.20. The highest BCUT2D eigenvalue weighted by atomic mass is 35.5. The maximum Gasteiger partial charge on any atom is 0.157 e. The number of para-hydroxylation sites is 1. The molecule has 1 fully saturated rings. The van der Waals surface area contributed by atoms with Gasteiger partial charge in [-0.15, -0.1) is 0 Å². The molecule has 2 aliphatic rings.